The Morgan fingerprint density at radius 1 is 1.26 bits per heavy atom. The molecule has 0 N–H and O–H groups in total. The SMILES string of the molecule is Cc1cc2c(Br)cc(OCC(=O)OC(C)(C)C)cc2n(C)c1=O. The van der Waals surface area contributed by atoms with Crippen LogP contribution in [0.2, 0.25) is 0 Å². The third-order valence-corrected chi connectivity index (χ3v) is 3.88. The highest BCUT2D eigenvalue weighted by Crippen LogP contribution is 2.29. The number of nitrogens with zero attached hydrogens (tertiary/aromatic N) is 1. The number of carbonyl (C=O) groups is 1. The molecule has 2 rings (SSSR count). The van der Waals surface area contributed by atoms with Gasteiger partial charge >= 0.3 is 5.97 Å². The third-order valence-electron chi connectivity index (χ3n) is 3.22. The Morgan fingerprint density at radius 2 is 1.91 bits per heavy atom. The second-order valence-corrected chi connectivity index (χ2v) is 7.26. The van der Waals surface area contributed by atoms with E-state index in [1.165, 1.54) is 0 Å². The highest BCUT2D eigenvalue weighted by atomic mass is 79.9. The van der Waals surface area contributed by atoms with Crippen LogP contribution in [-0.4, -0.2) is 22.7 Å². The fourth-order valence-electron chi connectivity index (χ4n) is 2.25. The van der Waals surface area contributed by atoms with Crippen molar-refractivity contribution >= 4 is 32.8 Å². The van der Waals surface area contributed by atoms with Crippen LogP contribution >= 0.6 is 15.9 Å². The Bertz CT molecular complexity index is 818. The van der Waals surface area contributed by atoms with E-state index in [0.717, 1.165) is 15.4 Å². The maximum Gasteiger partial charge on any atom is 0.344 e. The predicted octanol–water partition coefficient (Wildman–Crippen LogP) is 3.33. The van der Waals surface area contributed by atoms with Crippen molar-refractivity contribution in [1.82, 2.24) is 4.57 Å². The summed E-state index contributed by atoms with van der Waals surface area (Å²) in [5.41, 5.74) is 0.789. The van der Waals surface area contributed by atoms with Gasteiger partial charge in [-0.3, -0.25) is 4.79 Å². The largest absolute Gasteiger partial charge is 0.482 e. The van der Waals surface area contributed by atoms with Gasteiger partial charge in [0.15, 0.2) is 6.61 Å². The van der Waals surface area contributed by atoms with Crippen molar-refractivity contribution in [2.45, 2.75) is 33.3 Å². The predicted molar refractivity (Wildman–Crippen MR) is 93.0 cm³/mol. The number of aryl methyl sites for hydroxylation is 2. The topological polar surface area (TPSA) is 57.5 Å². The fourth-order valence-corrected chi connectivity index (χ4v) is 2.79. The molecule has 23 heavy (non-hydrogen) atoms. The molecule has 0 amide bonds. The summed E-state index contributed by atoms with van der Waals surface area (Å²) in [4.78, 5) is 23.8. The maximum atomic E-state index is 12.1. The lowest BCUT2D eigenvalue weighted by Crippen LogP contribution is -2.27. The van der Waals surface area contributed by atoms with Gasteiger partial charge in [0.25, 0.3) is 5.56 Å². The normalized spacial score (nSPS) is 11.6. The Kier molecular flexibility index (Phi) is 4.84. The molecule has 0 aliphatic rings. The number of hydrogen-bond donors (Lipinski definition) is 0. The van der Waals surface area contributed by atoms with Crippen molar-refractivity contribution in [3.05, 3.63) is 38.6 Å². The van der Waals surface area contributed by atoms with E-state index in [1.807, 2.05) is 6.07 Å². The van der Waals surface area contributed by atoms with E-state index < -0.39 is 11.6 Å². The minimum absolute atomic E-state index is 0.0614. The number of ether oxygens (including phenoxy) is 2. The Balaban J connectivity index is 2.30. The average molecular weight is 382 g/mol. The summed E-state index contributed by atoms with van der Waals surface area (Å²) in [6.45, 7) is 7.00. The molecule has 0 bridgehead atoms. The van der Waals surface area contributed by atoms with Crippen molar-refractivity contribution in [2.24, 2.45) is 7.05 Å². The lowest BCUT2D eigenvalue weighted by molar-refractivity contribution is -0.157. The van der Waals surface area contributed by atoms with Crippen LogP contribution in [0.1, 0.15) is 26.3 Å². The summed E-state index contributed by atoms with van der Waals surface area (Å²) in [7, 11) is 1.71. The fraction of sp³-hybridized carbons (Fsp3) is 0.412. The number of benzene rings is 1. The molecule has 0 saturated carbocycles. The first-order valence-corrected chi connectivity index (χ1v) is 8.02. The van der Waals surface area contributed by atoms with Gasteiger partial charge < -0.3 is 14.0 Å². The number of pyridine rings is 1. The first-order chi connectivity index (χ1) is 10.6. The van der Waals surface area contributed by atoms with Gasteiger partial charge in [0.05, 0.1) is 5.52 Å². The minimum atomic E-state index is -0.550. The zero-order valence-corrected chi connectivity index (χ0v) is 15.5. The van der Waals surface area contributed by atoms with E-state index in [1.54, 1.807) is 51.4 Å². The van der Waals surface area contributed by atoms with Gasteiger partial charge in [0, 0.05) is 28.5 Å². The number of rotatable bonds is 3. The van der Waals surface area contributed by atoms with Crippen molar-refractivity contribution in [3.8, 4) is 5.75 Å². The summed E-state index contributed by atoms with van der Waals surface area (Å²) in [6.07, 6.45) is 0. The van der Waals surface area contributed by atoms with Crippen LogP contribution in [0.25, 0.3) is 10.9 Å². The van der Waals surface area contributed by atoms with E-state index in [0.29, 0.717) is 11.3 Å². The summed E-state index contributed by atoms with van der Waals surface area (Å²) in [5, 5.41) is 0.911. The van der Waals surface area contributed by atoms with Crippen molar-refractivity contribution in [2.75, 3.05) is 6.61 Å². The van der Waals surface area contributed by atoms with E-state index in [2.05, 4.69) is 15.9 Å². The maximum absolute atomic E-state index is 12.1. The summed E-state index contributed by atoms with van der Waals surface area (Å²) < 4.78 is 13.1. The van der Waals surface area contributed by atoms with Crippen LogP contribution in [0, 0.1) is 6.92 Å². The standard InChI is InChI=1S/C17H20BrNO4/c1-10-6-12-13(18)7-11(8-14(12)19(5)16(10)21)22-9-15(20)23-17(2,3)4/h6-8H,9H2,1-5H3. The lowest BCUT2D eigenvalue weighted by Gasteiger charge is -2.19. The molecule has 0 aliphatic carbocycles. The van der Waals surface area contributed by atoms with Gasteiger partial charge in [-0.1, -0.05) is 0 Å². The van der Waals surface area contributed by atoms with Crippen LogP contribution in [0.15, 0.2) is 27.5 Å². The van der Waals surface area contributed by atoms with Crippen molar-refractivity contribution in [3.63, 3.8) is 0 Å². The lowest BCUT2D eigenvalue weighted by atomic mass is 10.1. The molecule has 1 aromatic carbocycles. The summed E-state index contributed by atoms with van der Waals surface area (Å²) in [6, 6.07) is 5.35. The van der Waals surface area contributed by atoms with E-state index in [-0.39, 0.29) is 12.2 Å². The van der Waals surface area contributed by atoms with Crippen LogP contribution in [0.3, 0.4) is 0 Å². The highest BCUT2D eigenvalue weighted by Gasteiger charge is 2.17. The number of esters is 1. The zero-order chi connectivity index (χ0) is 17.4. The van der Waals surface area contributed by atoms with Crippen molar-refractivity contribution < 1.29 is 14.3 Å². The van der Waals surface area contributed by atoms with Crippen LogP contribution in [0.5, 0.6) is 5.75 Å². The van der Waals surface area contributed by atoms with E-state index in [9.17, 15) is 9.59 Å². The smallest absolute Gasteiger partial charge is 0.344 e. The van der Waals surface area contributed by atoms with Gasteiger partial charge in [0.1, 0.15) is 11.4 Å². The average Bonchev–Trinajstić information content (AvgIpc) is 2.42. The molecule has 0 aliphatic heterocycles. The highest BCUT2D eigenvalue weighted by molar-refractivity contribution is 9.10. The Hall–Kier alpha value is -1.82. The molecule has 1 aromatic heterocycles. The molecule has 6 heteroatoms. The molecule has 0 radical (unpaired) electrons. The summed E-state index contributed by atoms with van der Waals surface area (Å²) >= 11 is 3.48. The van der Waals surface area contributed by atoms with Gasteiger partial charge in [-0.05, 0) is 55.8 Å². The second kappa shape index (κ2) is 6.35. The van der Waals surface area contributed by atoms with Crippen LogP contribution < -0.4 is 10.3 Å². The molecular weight excluding hydrogens is 362 g/mol. The quantitative estimate of drug-likeness (QED) is 0.765. The molecule has 124 valence electrons. The number of halogens is 1. The number of hydrogen-bond acceptors (Lipinski definition) is 4. The Labute approximate surface area is 143 Å². The van der Waals surface area contributed by atoms with Crippen LogP contribution in [-0.2, 0) is 16.6 Å². The molecule has 1 heterocycles. The number of fused-ring (bicyclic) bond motifs is 1. The van der Waals surface area contributed by atoms with Gasteiger partial charge in [0.2, 0.25) is 0 Å². The van der Waals surface area contributed by atoms with Gasteiger partial charge in [-0.25, -0.2) is 4.79 Å². The number of carbonyl (C=O) groups excluding carboxylic acids is 1. The Morgan fingerprint density at radius 3 is 2.52 bits per heavy atom. The molecule has 0 saturated heterocycles. The zero-order valence-electron chi connectivity index (χ0n) is 13.9. The van der Waals surface area contributed by atoms with E-state index in [4.69, 9.17) is 9.47 Å². The first kappa shape index (κ1) is 17.5. The molecular formula is C17H20BrNO4. The van der Waals surface area contributed by atoms with E-state index >= 15 is 0 Å². The third kappa shape index (κ3) is 4.13. The molecule has 0 fully saturated rings. The molecule has 0 atom stereocenters. The van der Waals surface area contributed by atoms with Gasteiger partial charge in [-0.15, -0.1) is 0 Å². The summed E-state index contributed by atoms with van der Waals surface area (Å²) in [5.74, 6) is 0.0561. The minimum Gasteiger partial charge on any atom is -0.482 e. The number of aromatic nitrogens is 1. The van der Waals surface area contributed by atoms with Crippen molar-refractivity contribution in [1.29, 1.82) is 0 Å². The van der Waals surface area contributed by atoms with Crippen LogP contribution in [0.4, 0.5) is 0 Å². The first-order valence-electron chi connectivity index (χ1n) is 7.23. The second-order valence-electron chi connectivity index (χ2n) is 6.40. The van der Waals surface area contributed by atoms with Gasteiger partial charge in [-0.2, -0.15) is 0 Å². The molecule has 2 aromatic rings. The molecule has 0 spiro atoms. The molecule has 0 unspecified atom stereocenters. The molecule has 5 nitrogen and oxygen atoms in total. The monoisotopic (exact) mass is 381 g/mol.